The van der Waals surface area contributed by atoms with Gasteiger partial charge in [-0.15, -0.1) is 5.10 Å². The maximum atomic E-state index is 10.6. The van der Waals surface area contributed by atoms with E-state index in [1.807, 2.05) is 0 Å². The smallest absolute Gasteiger partial charge is 0.288 e. The highest BCUT2D eigenvalue weighted by Crippen LogP contribution is 2.30. The van der Waals surface area contributed by atoms with Crippen molar-refractivity contribution in [1.29, 1.82) is 0 Å². The van der Waals surface area contributed by atoms with Crippen LogP contribution in [0.2, 0.25) is 5.02 Å². The fraction of sp³-hybridized carbons (Fsp3) is 0.100. The molecule has 0 aliphatic rings. The average Bonchev–Trinajstić information content (AvgIpc) is 2.63. The Morgan fingerprint density at radius 3 is 2.76 bits per heavy atom. The van der Waals surface area contributed by atoms with Gasteiger partial charge in [-0.3, -0.25) is 14.8 Å². The largest absolute Gasteiger partial charge is 0.437 e. The Balaban J connectivity index is 2.23. The number of nitro groups is 1. The van der Waals surface area contributed by atoms with Gasteiger partial charge in [0.2, 0.25) is 5.88 Å². The first kappa shape index (κ1) is 11.4. The molecule has 0 amide bonds. The van der Waals surface area contributed by atoms with Gasteiger partial charge in [0, 0.05) is 31.4 Å². The van der Waals surface area contributed by atoms with Gasteiger partial charge in [0.05, 0.1) is 4.92 Å². The first-order valence-corrected chi connectivity index (χ1v) is 5.05. The number of benzene rings is 1. The summed E-state index contributed by atoms with van der Waals surface area (Å²) in [6.45, 7) is 0. The van der Waals surface area contributed by atoms with E-state index < -0.39 is 4.92 Å². The molecule has 0 fully saturated rings. The lowest BCUT2D eigenvalue weighted by Gasteiger charge is -2.02. The molecule has 88 valence electrons. The normalized spacial score (nSPS) is 10.2. The number of aryl methyl sites for hydroxylation is 1. The van der Waals surface area contributed by atoms with Gasteiger partial charge >= 0.3 is 0 Å². The number of halogens is 1. The molecule has 0 aliphatic carbocycles. The standard InChI is InChI=1S/C10H8ClN3O3/c1-13-5-4-10(12-13)17-7-2-3-9(14(15)16)8(11)6-7/h2-6H,1H3. The third-order valence-corrected chi connectivity index (χ3v) is 2.33. The molecule has 6 nitrogen and oxygen atoms in total. The SMILES string of the molecule is Cn1ccc(Oc2ccc([N+](=O)[O-])c(Cl)c2)n1. The van der Waals surface area contributed by atoms with Crippen LogP contribution in [0.25, 0.3) is 0 Å². The number of hydrogen-bond donors (Lipinski definition) is 0. The lowest BCUT2D eigenvalue weighted by molar-refractivity contribution is -0.384. The summed E-state index contributed by atoms with van der Waals surface area (Å²) >= 11 is 5.75. The van der Waals surface area contributed by atoms with Crippen molar-refractivity contribution in [3.05, 3.63) is 45.6 Å². The Hall–Kier alpha value is -2.08. The van der Waals surface area contributed by atoms with Crippen LogP contribution in [-0.4, -0.2) is 14.7 Å². The minimum Gasteiger partial charge on any atom is -0.437 e. The lowest BCUT2D eigenvalue weighted by atomic mass is 10.3. The number of aromatic nitrogens is 2. The predicted molar refractivity (Wildman–Crippen MR) is 61.4 cm³/mol. The van der Waals surface area contributed by atoms with Crippen LogP contribution in [0.4, 0.5) is 5.69 Å². The molecule has 0 bridgehead atoms. The summed E-state index contributed by atoms with van der Waals surface area (Å²) in [5.74, 6) is 0.803. The van der Waals surface area contributed by atoms with Gasteiger partial charge in [0.15, 0.2) is 0 Å². The first-order valence-electron chi connectivity index (χ1n) is 4.68. The summed E-state index contributed by atoms with van der Waals surface area (Å²) < 4.78 is 6.96. The van der Waals surface area contributed by atoms with E-state index in [9.17, 15) is 10.1 Å². The number of nitro benzene ring substituents is 1. The van der Waals surface area contributed by atoms with Crippen molar-refractivity contribution in [2.24, 2.45) is 7.05 Å². The first-order chi connectivity index (χ1) is 8.06. The second kappa shape index (κ2) is 4.42. The zero-order valence-corrected chi connectivity index (χ0v) is 9.59. The van der Waals surface area contributed by atoms with Crippen LogP contribution in [0, 0.1) is 10.1 Å². The Kier molecular flexibility index (Phi) is 2.97. The molecule has 1 aromatic heterocycles. The summed E-state index contributed by atoms with van der Waals surface area (Å²) in [6.07, 6.45) is 1.72. The molecule has 0 saturated heterocycles. The van der Waals surface area contributed by atoms with Crippen molar-refractivity contribution in [2.75, 3.05) is 0 Å². The van der Waals surface area contributed by atoms with Gasteiger partial charge in [-0.05, 0) is 6.07 Å². The summed E-state index contributed by atoms with van der Waals surface area (Å²) in [5, 5.41) is 14.6. The molecule has 0 N–H and O–H groups in total. The highest BCUT2D eigenvalue weighted by atomic mass is 35.5. The quantitative estimate of drug-likeness (QED) is 0.623. The van der Waals surface area contributed by atoms with Crippen molar-refractivity contribution in [2.45, 2.75) is 0 Å². The van der Waals surface area contributed by atoms with E-state index in [0.29, 0.717) is 11.6 Å². The Bertz CT molecular complexity index is 568. The van der Waals surface area contributed by atoms with Gasteiger partial charge in [0.1, 0.15) is 10.8 Å². The monoisotopic (exact) mass is 253 g/mol. The lowest BCUT2D eigenvalue weighted by Crippen LogP contribution is -1.92. The van der Waals surface area contributed by atoms with Crippen molar-refractivity contribution >= 4 is 17.3 Å². The summed E-state index contributed by atoms with van der Waals surface area (Å²) in [4.78, 5) is 10.0. The molecular weight excluding hydrogens is 246 g/mol. The van der Waals surface area contributed by atoms with Crippen LogP contribution in [0.3, 0.4) is 0 Å². The molecule has 0 unspecified atom stereocenters. The maximum Gasteiger partial charge on any atom is 0.288 e. The van der Waals surface area contributed by atoms with E-state index in [2.05, 4.69) is 5.10 Å². The highest BCUT2D eigenvalue weighted by molar-refractivity contribution is 6.32. The summed E-state index contributed by atoms with van der Waals surface area (Å²) in [5.41, 5.74) is -0.153. The fourth-order valence-electron chi connectivity index (χ4n) is 1.27. The second-order valence-electron chi connectivity index (χ2n) is 3.30. The van der Waals surface area contributed by atoms with Crippen molar-refractivity contribution in [3.63, 3.8) is 0 Å². The molecule has 7 heteroatoms. The summed E-state index contributed by atoms with van der Waals surface area (Å²) in [6, 6.07) is 5.82. The van der Waals surface area contributed by atoms with Gasteiger partial charge < -0.3 is 4.74 Å². The molecule has 0 radical (unpaired) electrons. The number of ether oxygens (including phenoxy) is 1. The van der Waals surface area contributed by atoms with Crippen LogP contribution in [0.1, 0.15) is 0 Å². The Morgan fingerprint density at radius 2 is 2.24 bits per heavy atom. The van der Waals surface area contributed by atoms with E-state index >= 15 is 0 Å². The predicted octanol–water partition coefficient (Wildman–Crippen LogP) is 2.77. The van der Waals surface area contributed by atoms with Crippen molar-refractivity contribution in [3.8, 4) is 11.6 Å². The topological polar surface area (TPSA) is 70.2 Å². The minimum atomic E-state index is -0.549. The molecule has 1 heterocycles. The van der Waals surface area contributed by atoms with Gasteiger partial charge in [-0.1, -0.05) is 11.6 Å². The molecule has 0 spiro atoms. The fourth-order valence-corrected chi connectivity index (χ4v) is 1.51. The number of rotatable bonds is 3. The zero-order valence-electron chi connectivity index (χ0n) is 8.83. The third kappa shape index (κ3) is 2.54. The van der Waals surface area contributed by atoms with Crippen molar-refractivity contribution < 1.29 is 9.66 Å². The molecule has 2 rings (SSSR count). The van der Waals surface area contributed by atoms with Crippen molar-refractivity contribution in [1.82, 2.24) is 9.78 Å². The van der Waals surface area contributed by atoms with Gasteiger partial charge in [-0.2, -0.15) is 0 Å². The number of nitrogens with zero attached hydrogens (tertiary/aromatic N) is 3. The van der Waals surface area contributed by atoms with Crippen LogP contribution in [0.5, 0.6) is 11.6 Å². The van der Waals surface area contributed by atoms with E-state index in [0.717, 1.165) is 0 Å². The highest BCUT2D eigenvalue weighted by Gasteiger charge is 2.13. The Morgan fingerprint density at radius 1 is 1.47 bits per heavy atom. The van der Waals surface area contributed by atoms with Gasteiger partial charge in [0.25, 0.3) is 5.69 Å². The van der Waals surface area contributed by atoms with E-state index in [4.69, 9.17) is 16.3 Å². The molecule has 1 aromatic carbocycles. The Labute approximate surface area is 102 Å². The number of hydrogen-bond acceptors (Lipinski definition) is 4. The molecule has 0 saturated carbocycles. The molecule has 0 atom stereocenters. The van der Waals surface area contributed by atoms with E-state index in [1.54, 1.807) is 24.0 Å². The minimum absolute atomic E-state index is 0.0310. The van der Waals surface area contributed by atoms with E-state index in [1.165, 1.54) is 18.2 Å². The molecule has 0 aliphatic heterocycles. The molecule has 17 heavy (non-hydrogen) atoms. The molecule has 2 aromatic rings. The van der Waals surface area contributed by atoms with E-state index in [-0.39, 0.29) is 10.7 Å². The van der Waals surface area contributed by atoms with Crippen LogP contribution < -0.4 is 4.74 Å². The average molecular weight is 254 g/mol. The second-order valence-corrected chi connectivity index (χ2v) is 3.71. The third-order valence-electron chi connectivity index (χ3n) is 2.03. The van der Waals surface area contributed by atoms with Crippen LogP contribution in [0.15, 0.2) is 30.5 Å². The van der Waals surface area contributed by atoms with Crippen LogP contribution in [-0.2, 0) is 7.05 Å². The van der Waals surface area contributed by atoms with Crippen LogP contribution >= 0.6 is 11.6 Å². The zero-order chi connectivity index (χ0) is 12.4. The summed E-state index contributed by atoms with van der Waals surface area (Å²) in [7, 11) is 1.76. The van der Waals surface area contributed by atoms with Gasteiger partial charge in [-0.25, -0.2) is 0 Å². The maximum absolute atomic E-state index is 10.6. The molecular formula is C10H8ClN3O3.